The molecule has 1 aromatic carbocycles. The minimum Gasteiger partial charge on any atom is -0.423 e. The molecule has 10 heteroatoms. The zero-order valence-electron chi connectivity index (χ0n) is 23.4. The van der Waals surface area contributed by atoms with Gasteiger partial charge in [-0.2, -0.15) is 8.42 Å². The molecule has 0 amide bonds. The van der Waals surface area contributed by atoms with Crippen LogP contribution in [0.3, 0.4) is 0 Å². The topological polar surface area (TPSA) is 142 Å². The number of aliphatic hydroxyl groups is 1. The highest BCUT2D eigenvalue weighted by Crippen LogP contribution is 2.60. The van der Waals surface area contributed by atoms with E-state index in [1.54, 1.807) is 13.0 Å². The summed E-state index contributed by atoms with van der Waals surface area (Å²) in [6.45, 7) is 8.86. The summed E-state index contributed by atoms with van der Waals surface area (Å²) in [7, 11) is -3.85. The van der Waals surface area contributed by atoms with Crippen molar-refractivity contribution in [1.29, 1.82) is 0 Å². The highest BCUT2D eigenvalue weighted by Gasteiger charge is 2.55. The Bertz CT molecular complexity index is 1090. The minimum absolute atomic E-state index is 0.0710. The maximum atomic E-state index is 13.6. The van der Waals surface area contributed by atoms with Gasteiger partial charge < -0.3 is 20.3 Å². The Kier molecular flexibility index (Phi) is 9.33. The molecule has 0 aromatic heterocycles. The largest absolute Gasteiger partial charge is 0.423 e. The number of carbonyl (C=O) groups is 2. The Morgan fingerprint density at radius 1 is 1.05 bits per heavy atom. The first-order valence-electron chi connectivity index (χ1n) is 13.4. The van der Waals surface area contributed by atoms with Crippen LogP contribution in [0.1, 0.15) is 84.8 Å². The molecular weight excluding hydrogens is 510 g/mol. The second-order valence-corrected chi connectivity index (χ2v) is 13.9. The molecule has 4 fully saturated rings. The Labute approximate surface area is 226 Å². The summed E-state index contributed by atoms with van der Waals surface area (Å²) in [5.41, 5.74) is 5.85. The number of hydrogen-bond donors (Lipinski definition) is 2. The van der Waals surface area contributed by atoms with Gasteiger partial charge in [-0.25, -0.2) is 0 Å². The van der Waals surface area contributed by atoms with E-state index in [1.807, 2.05) is 20.8 Å². The van der Waals surface area contributed by atoms with Gasteiger partial charge in [-0.15, -0.1) is 0 Å². The van der Waals surface area contributed by atoms with E-state index in [9.17, 15) is 18.0 Å². The molecule has 0 aliphatic heterocycles. The molecule has 1 aromatic rings. The molecule has 0 radical (unpaired) electrons. The smallest absolute Gasteiger partial charge is 0.317 e. The predicted octanol–water partition coefficient (Wildman–Crippen LogP) is 4.12. The van der Waals surface area contributed by atoms with E-state index in [-0.39, 0.29) is 24.1 Å². The van der Waals surface area contributed by atoms with Crippen molar-refractivity contribution in [3.63, 3.8) is 0 Å². The third-order valence-electron chi connectivity index (χ3n) is 7.83. The van der Waals surface area contributed by atoms with E-state index in [4.69, 9.17) is 24.5 Å². The molecule has 0 heterocycles. The molecule has 3 N–H and O–H groups in total. The van der Waals surface area contributed by atoms with Crippen molar-refractivity contribution in [2.24, 2.45) is 34.3 Å². The Morgan fingerprint density at radius 2 is 1.55 bits per heavy atom. The zero-order chi connectivity index (χ0) is 28.5. The van der Waals surface area contributed by atoms with Crippen LogP contribution in [0.5, 0.6) is 11.5 Å². The summed E-state index contributed by atoms with van der Waals surface area (Å²) >= 11 is 0. The van der Waals surface area contributed by atoms with Crippen LogP contribution in [0.25, 0.3) is 0 Å². The zero-order valence-corrected chi connectivity index (χ0v) is 24.2. The van der Waals surface area contributed by atoms with Crippen LogP contribution in [-0.2, 0) is 23.9 Å². The Balaban J connectivity index is 0.00000127. The van der Waals surface area contributed by atoms with E-state index in [1.165, 1.54) is 38.3 Å². The number of benzene rings is 1. The molecule has 4 bridgehead atoms. The lowest BCUT2D eigenvalue weighted by molar-refractivity contribution is -0.161. The van der Waals surface area contributed by atoms with Crippen LogP contribution in [0.4, 0.5) is 0 Å². The van der Waals surface area contributed by atoms with Gasteiger partial charge in [0.05, 0.1) is 11.7 Å². The molecule has 0 spiro atoms. The molecular formula is C28H43NO8S. The first-order chi connectivity index (χ1) is 17.6. The summed E-state index contributed by atoms with van der Waals surface area (Å²) < 4.78 is 40.8. The van der Waals surface area contributed by atoms with Crippen molar-refractivity contribution in [3.8, 4) is 11.5 Å². The first kappa shape index (κ1) is 30.5. The van der Waals surface area contributed by atoms with Crippen molar-refractivity contribution in [2.45, 2.75) is 85.3 Å². The molecule has 2 atom stereocenters. The van der Waals surface area contributed by atoms with Crippen LogP contribution in [-0.4, -0.2) is 44.4 Å². The summed E-state index contributed by atoms with van der Waals surface area (Å²) in [6.07, 6.45) is 6.01. The van der Waals surface area contributed by atoms with Crippen molar-refractivity contribution < 1.29 is 36.8 Å². The van der Waals surface area contributed by atoms with Crippen LogP contribution in [0.15, 0.2) is 18.2 Å². The van der Waals surface area contributed by atoms with Gasteiger partial charge in [0.2, 0.25) is 0 Å². The van der Waals surface area contributed by atoms with Crippen molar-refractivity contribution in [1.82, 2.24) is 0 Å². The van der Waals surface area contributed by atoms with Crippen molar-refractivity contribution >= 4 is 22.1 Å². The Hall–Kier alpha value is -2.01. The van der Waals surface area contributed by atoms with Crippen LogP contribution in [0, 0.1) is 28.6 Å². The van der Waals surface area contributed by atoms with E-state index in [0.29, 0.717) is 23.3 Å². The summed E-state index contributed by atoms with van der Waals surface area (Å²) in [5.74, 6) is 0.993. The third-order valence-corrected chi connectivity index (χ3v) is 8.39. The maximum Gasteiger partial charge on any atom is 0.317 e. The van der Waals surface area contributed by atoms with Gasteiger partial charge >= 0.3 is 11.9 Å². The summed E-state index contributed by atoms with van der Waals surface area (Å²) in [6, 6.07) is 3.90. The van der Waals surface area contributed by atoms with Crippen LogP contribution < -0.4 is 15.2 Å². The highest BCUT2D eigenvalue weighted by atomic mass is 32.2. The predicted molar refractivity (Wildman–Crippen MR) is 143 cm³/mol. The fourth-order valence-electron chi connectivity index (χ4n) is 6.55. The van der Waals surface area contributed by atoms with E-state index >= 15 is 0 Å². The number of hydrogen-bond acceptors (Lipinski definition) is 9. The highest BCUT2D eigenvalue weighted by molar-refractivity contribution is 7.86. The van der Waals surface area contributed by atoms with E-state index in [2.05, 4.69) is 0 Å². The quantitative estimate of drug-likeness (QED) is 0.289. The minimum atomic E-state index is -3.85. The second kappa shape index (κ2) is 11.6. The molecule has 4 saturated carbocycles. The molecule has 0 saturated heterocycles. The van der Waals surface area contributed by atoms with Crippen molar-refractivity contribution in [3.05, 3.63) is 23.8 Å². The average Bonchev–Trinajstić information content (AvgIpc) is 2.76. The molecule has 4 aliphatic rings. The molecule has 4 aliphatic carbocycles. The van der Waals surface area contributed by atoms with Gasteiger partial charge in [-0.05, 0) is 86.3 Å². The lowest BCUT2D eigenvalue weighted by Gasteiger charge is -2.55. The average molecular weight is 554 g/mol. The summed E-state index contributed by atoms with van der Waals surface area (Å²) in [4.78, 5) is 25.3. The van der Waals surface area contributed by atoms with Crippen LogP contribution >= 0.6 is 0 Å². The molecule has 38 heavy (non-hydrogen) atoms. The monoisotopic (exact) mass is 553 g/mol. The first-order valence-corrected chi connectivity index (χ1v) is 15.2. The number of nitrogens with two attached hydrogens (primary N) is 1. The van der Waals surface area contributed by atoms with Gasteiger partial charge in [0.15, 0.2) is 11.5 Å². The summed E-state index contributed by atoms with van der Waals surface area (Å²) in [5, 5.41) is 7.57. The number of carbonyl (C=O) groups excluding carboxylic acids is 2. The number of ether oxygens (including phenoxy) is 2. The molecule has 5 rings (SSSR count). The maximum absolute atomic E-state index is 13.6. The van der Waals surface area contributed by atoms with Gasteiger partial charge in [-0.1, -0.05) is 26.8 Å². The normalized spacial score (nSPS) is 27.6. The Morgan fingerprint density at radius 3 is 1.97 bits per heavy atom. The van der Waals surface area contributed by atoms with E-state index < -0.39 is 39.1 Å². The van der Waals surface area contributed by atoms with Gasteiger partial charge in [0, 0.05) is 19.6 Å². The fraction of sp³-hybridized carbons (Fsp3) is 0.714. The second-order valence-electron chi connectivity index (χ2n) is 12.3. The van der Waals surface area contributed by atoms with Crippen LogP contribution in [0.2, 0.25) is 0 Å². The third kappa shape index (κ3) is 7.34. The van der Waals surface area contributed by atoms with Gasteiger partial charge in [-0.3, -0.25) is 13.8 Å². The molecule has 9 nitrogen and oxygen atoms in total. The fourth-order valence-corrected chi connectivity index (χ4v) is 7.16. The standard InChI is InChI=1S/C26H37NO7S.C2H6O/c1-15(28)32-20-7-6-19(22(34-35(5,30)31)23(27)25(2,3)4)11-21(20)33-24(29)26-12-16-8-17(13-26)10-18(9-16)14-26;1-2-3/h6-7,11,16-18,22-23H,8-10,12-14,27H2,1-5H3;3H,2H2,1H3. The van der Waals surface area contributed by atoms with Gasteiger partial charge in [0.25, 0.3) is 10.1 Å². The molecule has 214 valence electrons. The molecule has 2 unspecified atom stereocenters. The lowest BCUT2D eigenvalue weighted by atomic mass is 9.49. The number of aliphatic hydroxyl groups excluding tert-OH is 1. The van der Waals surface area contributed by atoms with E-state index in [0.717, 1.165) is 25.5 Å². The van der Waals surface area contributed by atoms with Crippen molar-refractivity contribution in [2.75, 3.05) is 12.9 Å². The number of rotatable bonds is 7. The lowest BCUT2D eigenvalue weighted by Crippen LogP contribution is -2.51. The SMILES string of the molecule is CC(=O)Oc1ccc(C(OS(C)(=O)=O)C(N)C(C)(C)C)cc1OC(=O)C12CC3CC(CC(C3)C1)C2.CCO. The van der Waals surface area contributed by atoms with Gasteiger partial charge in [0.1, 0.15) is 6.10 Å². The number of esters is 2.